The van der Waals surface area contributed by atoms with E-state index in [2.05, 4.69) is 26.3 Å². The number of nitrogens with zero attached hydrogens (tertiary/aromatic N) is 3. The van der Waals surface area contributed by atoms with Gasteiger partial charge in [-0.25, -0.2) is 9.13 Å². The molecule has 0 saturated heterocycles. The molecule has 0 aliphatic heterocycles. The topological polar surface area (TPSA) is 146 Å². The van der Waals surface area contributed by atoms with Crippen LogP contribution in [0.4, 0.5) is 34.5 Å². The van der Waals surface area contributed by atoms with E-state index in [9.17, 15) is 14.4 Å². The number of carbonyl (C=O) groups is 3. The molecule has 0 atom stereocenters. The summed E-state index contributed by atoms with van der Waals surface area (Å²) in [4.78, 5) is 42.5. The molecule has 44 heavy (non-hydrogen) atoms. The number of aryl methyl sites for hydroxylation is 2. The van der Waals surface area contributed by atoms with Crippen molar-refractivity contribution in [2.75, 3.05) is 27.0 Å². The second-order valence-electron chi connectivity index (χ2n) is 10.2. The van der Waals surface area contributed by atoms with Crippen LogP contribution in [0.3, 0.4) is 0 Å². The summed E-state index contributed by atoms with van der Waals surface area (Å²) >= 11 is 0. The Kier molecular flexibility index (Phi) is 8.57. The number of nitrogens with two attached hydrogens (primary N) is 1. The van der Waals surface area contributed by atoms with Gasteiger partial charge in [0.2, 0.25) is 5.82 Å². The van der Waals surface area contributed by atoms with Gasteiger partial charge in [-0.1, -0.05) is 4.98 Å². The lowest BCUT2D eigenvalue weighted by Gasteiger charge is -2.09. The molecule has 0 aliphatic rings. The number of pyridine rings is 1. The SMILES string of the molecule is Cc1cc(Nc2ccc(NC(=O)c3ccc(C(=O)Nc4ccc(C(=O)Nc5ccc[n+](C)c5)cc4)cc3)cc2)nc(N)[n+]1C. The summed E-state index contributed by atoms with van der Waals surface area (Å²) < 4.78 is 3.63. The third kappa shape index (κ3) is 7.21. The van der Waals surface area contributed by atoms with Gasteiger partial charge in [0.25, 0.3) is 17.7 Å². The van der Waals surface area contributed by atoms with Crippen molar-refractivity contribution in [2.45, 2.75) is 6.92 Å². The lowest BCUT2D eigenvalue weighted by atomic mass is 10.1. The summed E-state index contributed by atoms with van der Waals surface area (Å²) in [6, 6.07) is 25.7. The number of anilines is 6. The summed E-state index contributed by atoms with van der Waals surface area (Å²) in [5.41, 5.74) is 10.8. The van der Waals surface area contributed by atoms with Crippen molar-refractivity contribution in [1.82, 2.24) is 4.98 Å². The zero-order valence-corrected chi connectivity index (χ0v) is 24.5. The molecule has 0 fully saturated rings. The van der Waals surface area contributed by atoms with E-state index in [1.54, 1.807) is 77.5 Å². The van der Waals surface area contributed by atoms with E-state index in [4.69, 9.17) is 5.73 Å². The van der Waals surface area contributed by atoms with Crippen LogP contribution >= 0.6 is 0 Å². The minimum absolute atomic E-state index is 0.255. The number of nitrogen functional groups attached to an aromatic ring is 1. The Bertz CT molecular complexity index is 1810. The van der Waals surface area contributed by atoms with Crippen LogP contribution in [0, 0.1) is 6.92 Å². The van der Waals surface area contributed by atoms with Gasteiger partial charge in [0.15, 0.2) is 12.4 Å². The molecule has 11 heteroatoms. The molecule has 3 aromatic carbocycles. The number of rotatable bonds is 8. The van der Waals surface area contributed by atoms with E-state index in [0.717, 1.165) is 11.4 Å². The lowest BCUT2D eigenvalue weighted by Crippen LogP contribution is -2.36. The monoisotopic (exact) mass is 588 g/mol. The standard InChI is InChI=1S/C33H30N8O3/c1-21-19-29(39-33(34)41(21)3)35-25-14-16-27(17-15-25)37-31(43)23-8-6-22(7-9-23)30(42)36-26-12-10-24(11-13-26)32(44)38-28-5-4-18-40(2)20-28/h4-20H,1-3H3,(H4-,34,35,36,37,38,39,42,43,44)/p+2. The lowest BCUT2D eigenvalue weighted by molar-refractivity contribution is -0.670. The smallest absolute Gasteiger partial charge is 0.326 e. The van der Waals surface area contributed by atoms with E-state index in [1.165, 1.54) is 0 Å². The van der Waals surface area contributed by atoms with Crippen LogP contribution in [0.2, 0.25) is 0 Å². The molecule has 0 spiro atoms. The largest absolute Gasteiger partial charge is 0.391 e. The van der Waals surface area contributed by atoms with E-state index >= 15 is 0 Å². The molecule has 0 unspecified atom stereocenters. The molecule has 2 aromatic heterocycles. The van der Waals surface area contributed by atoms with Gasteiger partial charge in [-0.05, 0) is 85.8 Å². The fraction of sp³-hybridized carbons (Fsp3) is 0.0909. The minimum Gasteiger partial charge on any atom is -0.326 e. The van der Waals surface area contributed by atoms with Crippen LogP contribution in [0.15, 0.2) is 103 Å². The Morgan fingerprint density at radius 2 is 1.11 bits per heavy atom. The van der Waals surface area contributed by atoms with E-state index in [-0.39, 0.29) is 17.7 Å². The molecule has 0 aliphatic carbocycles. The number of carbonyl (C=O) groups excluding carboxylic acids is 3. The number of hydrogen-bond acceptors (Lipinski definition) is 6. The van der Waals surface area contributed by atoms with Gasteiger partial charge in [0.1, 0.15) is 12.7 Å². The number of benzene rings is 3. The van der Waals surface area contributed by atoms with Crippen molar-refractivity contribution in [2.24, 2.45) is 14.1 Å². The Balaban J connectivity index is 1.14. The normalized spacial score (nSPS) is 10.5. The Labute approximate surface area is 254 Å². The van der Waals surface area contributed by atoms with Crippen LogP contribution in [0.1, 0.15) is 36.8 Å². The number of aromatic nitrogens is 3. The van der Waals surface area contributed by atoms with Gasteiger partial charge in [-0.15, -0.1) is 0 Å². The van der Waals surface area contributed by atoms with Gasteiger partial charge < -0.3 is 21.3 Å². The maximum Gasteiger partial charge on any atom is 0.391 e. The first kappa shape index (κ1) is 29.4. The van der Waals surface area contributed by atoms with Gasteiger partial charge in [-0.2, -0.15) is 0 Å². The van der Waals surface area contributed by atoms with Gasteiger partial charge in [0.05, 0.1) is 12.7 Å². The van der Waals surface area contributed by atoms with Crippen molar-refractivity contribution >= 4 is 52.2 Å². The van der Waals surface area contributed by atoms with Crippen LogP contribution in [0.5, 0.6) is 0 Å². The number of nitrogens with one attached hydrogen (secondary N) is 4. The third-order valence-electron chi connectivity index (χ3n) is 6.88. The second kappa shape index (κ2) is 12.8. The molecule has 5 rings (SSSR count). The van der Waals surface area contributed by atoms with Crippen LogP contribution < -0.4 is 36.1 Å². The summed E-state index contributed by atoms with van der Waals surface area (Å²) in [6.45, 7) is 1.94. The molecule has 220 valence electrons. The molecular weight excluding hydrogens is 556 g/mol. The van der Waals surface area contributed by atoms with Crippen molar-refractivity contribution in [3.8, 4) is 0 Å². The average molecular weight is 589 g/mol. The van der Waals surface area contributed by atoms with Crippen LogP contribution in [-0.4, -0.2) is 22.7 Å². The maximum absolute atomic E-state index is 12.8. The van der Waals surface area contributed by atoms with E-state index in [1.807, 2.05) is 56.0 Å². The predicted molar refractivity (Wildman–Crippen MR) is 169 cm³/mol. The molecule has 0 bridgehead atoms. The van der Waals surface area contributed by atoms with Crippen molar-refractivity contribution in [1.29, 1.82) is 0 Å². The summed E-state index contributed by atoms with van der Waals surface area (Å²) in [5.74, 6) is 0.115. The van der Waals surface area contributed by atoms with Gasteiger partial charge >= 0.3 is 5.95 Å². The fourth-order valence-corrected chi connectivity index (χ4v) is 4.30. The molecule has 0 radical (unpaired) electrons. The highest BCUT2D eigenvalue weighted by Crippen LogP contribution is 2.19. The zero-order valence-electron chi connectivity index (χ0n) is 24.5. The van der Waals surface area contributed by atoms with Crippen molar-refractivity contribution in [3.63, 3.8) is 0 Å². The molecule has 5 aromatic rings. The highest BCUT2D eigenvalue weighted by Gasteiger charge is 2.13. The quantitative estimate of drug-likeness (QED) is 0.172. The first-order valence-corrected chi connectivity index (χ1v) is 13.7. The Morgan fingerprint density at radius 3 is 1.61 bits per heavy atom. The molecule has 0 saturated carbocycles. The van der Waals surface area contributed by atoms with Gasteiger partial charge in [0, 0.05) is 45.9 Å². The first-order valence-electron chi connectivity index (χ1n) is 13.7. The molecule has 11 nitrogen and oxygen atoms in total. The molecule has 3 amide bonds. The number of hydrogen-bond donors (Lipinski definition) is 5. The minimum atomic E-state index is -0.340. The van der Waals surface area contributed by atoms with Crippen molar-refractivity contribution in [3.05, 3.63) is 126 Å². The predicted octanol–water partition coefficient (Wildman–Crippen LogP) is 4.12. The van der Waals surface area contributed by atoms with Crippen LogP contribution in [0.25, 0.3) is 0 Å². The highest BCUT2D eigenvalue weighted by atomic mass is 16.2. The Morgan fingerprint density at radius 1 is 0.659 bits per heavy atom. The van der Waals surface area contributed by atoms with Gasteiger partial charge in [-0.3, -0.25) is 20.1 Å². The number of amides is 3. The molecular formula is C33H32N8O3+2. The van der Waals surface area contributed by atoms with E-state index < -0.39 is 0 Å². The fourth-order valence-electron chi connectivity index (χ4n) is 4.30. The van der Waals surface area contributed by atoms with E-state index in [0.29, 0.717) is 45.5 Å². The average Bonchev–Trinajstić information content (AvgIpc) is 3.01. The summed E-state index contributed by atoms with van der Waals surface area (Å²) in [7, 11) is 3.72. The first-order chi connectivity index (χ1) is 21.1. The highest BCUT2D eigenvalue weighted by molar-refractivity contribution is 6.08. The Hall–Kier alpha value is -6.10. The summed E-state index contributed by atoms with van der Waals surface area (Å²) in [6.07, 6.45) is 3.68. The third-order valence-corrected chi connectivity index (χ3v) is 6.88. The van der Waals surface area contributed by atoms with Crippen molar-refractivity contribution < 1.29 is 23.5 Å². The second-order valence-corrected chi connectivity index (χ2v) is 10.2. The maximum atomic E-state index is 12.8. The summed E-state index contributed by atoms with van der Waals surface area (Å²) in [5, 5.41) is 11.7. The molecule has 6 N–H and O–H groups in total. The molecule has 2 heterocycles. The van der Waals surface area contributed by atoms with Crippen LogP contribution in [-0.2, 0) is 14.1 Å². The zero-order chi connectivity index (χ0) is 31.2.